The van der Waals surface area contributed by atoms with Crippen LogP contribution in [0.4, 0.5) is 5.69 Å². The molecule has 0 aromatic heterocycles. The summed E-state index contributed by atoms with van der Waals surface area (Å²) in [6.45, 7) is 3.77. The smallest absolute Gasteiger partial charge is 0.101 e. The van der Waals surface area contributed by atoms with Crippen molar-refractivity contribution in [3.8, 4) is 6.07 Å². The number of nitrogens with one attached hydrogen (secondary N) is 1. The molecule has 0 aliphatic heterocycles. The summed E-state index contributed by atoms with van der Waals surface area (Å²) < 4.78 is 0. The molecule has 1 aromatic rings. The zero-order valence-electron chi connectivity index (χ0n) is 11.3. The van der Waals surface area contributed by atoms with Crippen molar-refractivity contribution in [3.05, 3.63) is 28.3 Å². The molecule has 4 heteroatoms. The molecule has 1 aliphatic rings. The second-order valence-electron chi connectivity index (χ2n) is 5.51. The number of hydrogen-bond donors (Lipinski definition) is 2. The predicted molar refractivity (Wildman–Crippen MR) is 77.4 cm³/mol. The van der Waals surface area contributed by atoms with Gasteiger partial charge in [-0.25, -0.2) is 0 Å². The number of aliphatic hydroxyl groups is 1. The van der Waals surface area contributed by atoms with E-state index in [0.29, 0.717) is 10.6 Å². The van der Waals surface area contributed by atoms with Crippen molar-refractivity contribution in [1.82, 2.24) is 0 Å². The number of nitriles is 1. The van der Waals surface area contributed by atoms with E-state index < -0.39 is 5.60 Å². The Morgan fingerprint density at radius 3 is 2.84 bits per heavy atom. The fourth-order valence-corrected chi connectivity index (χ4v) is 2.87. The van der Waals surface area contributed by atoms with Crippen LogP contribution in [-0.2, 0) is 0 Å². The van der Waals surface area contributed by atoms with Crippen LogP contribution in [0.2, 0.25) is 5.02 Å². The molecule has 2 rings (SSSR count). The van der Waals surface area contributed by atoms with E-state index in [4.69, 9.17) is 16.9 Å². The minimum absolute atomic E-state index is 0.0314. The van der Waals surface area contributed by atoms with E-state index >= 15 is 0 Å². The molecule has 0 unspecified atom stereocenters. The summed E-state index contributed by atoms with van der Waals surface area (Å²) >= 11 is 6.16. The Balaban J connectivity index is 2.24. The molecule has 0 amide bonds. The Hall–Kier alpha value is -1.24. The highest BCUT2D eigenvalue weighted by Crippen LogP contribution is 2.33. The molecule has 102 valence electrons. The van der Waals surface area contributed by atoms with Gasteiger partial charge in [-0.1, -0.05) is 24.4 Å². The van der Waals surface area contributed by atoms with Crippen LogP contribution >= 0.6 is 11.6 Å². The lowest BCUT2D eigenvalue weighted by Crippen LogP contribution is -2.46. The molecule has 2 N–H and O–H groups in total. The van der Waals surface area contributed by atoms with Crippen LogP contribution < -0.4 is 5.32 Å². The highest BCUT2D eigenvalue weighted by Gasteiger charge is 2.34. The van der Waals surface area contributed by atoms with E-state index in [1.165, 1.54) is 0 Å². The first kappa shape index (κ1) is 14.2. The van der Waals surface area contributed by atoms with E-state index in [1.807, 2.05) is 19.9 Å². The fraction of sp³-hybridized carbons (Fsp3) is 0.533. The highest BCUT2D eigenvalue weighted by atomic mass is 35.5. The van der Waals surface area contributed by atoms with Gasteiger partial charge in [-0.15, -0.1) is 0 Å². The van der Waals surface area contributed by atoms with E-state index in [-0.39, 0.29) is 6.04 Å². The molecule has 1 saturated carbocycles. The summed E-state index contributed by atoms with van der Waals surface area (Å²) in [7, 11) is 0. The second-order valence-corrected chi connectivity index (χ2v) is 5.89. The third-order valence-electron chi connectivity index (χ3n) is 4.01. The van der Waals surface area contributed by atoms with Gasteiger partial charge >= 0.3 is 0 Å². The second kappa shape index (κ2) is 5.40. The van der Waals surface area contributed by atoms with Gasteiger partial charge in [-0.3, -0.25) is 0 Å². The Morgan fingerprint density at radius 1 is 1.47 bits per heavy atom. The van der Waals surface area contributed by atoms with E-state index in [9.17, 15) is 5.11 Å². The Kier molecular flexibility index (Phi) is 4.03. The topological polar surface area (TPSA) is 56.0 Å². The molecule has 0 radical (unpaired) electrons. The molecular weight excluding hydrogens is 260 g/mol. The number of hydrogen-bond acceptors (Lipinski definition) is 3. The van der Waals surface area contributed by atoms with Crippen molar-refractivity contribution in [2.75, 3.05) is 5.32 Å². The molecule has 0 bridgehead atoms. The van der Waals surface area contributed by atoms with Crippen LogP contribution in [0.3, 0.4) is 0 Å². The van der Waals surface area contributed by atoms with Gasteiger partial charge in [0, 0.05) is 5.69 Å². The van der Waals surface area contributed by atoms with Crippen molar-refractivity contribution in [3.63, 3.8) is 0 Å². The van der Waals surface area contributed by atoms with E-state index in [2.05, 4.69) is 11.4 Å². The normalized spacial score (nSPS) is 26.8. The van der Waals surface area contributed by atoms with Gasteiger partial charge in [0.15, 0.2) is 0 Å². The van der Waals surface area contributed by atoms with E-state index in [0.717, 1.165) is 36.9 Å². The zero-order chi connectivity index (χ0) is 14.0. The third kappa shape index (κ3) is 2.86. The maximum Gasteiger partial charge on any atom is 0.101 e. The number of halogens is 1. The minimum atomic E-state index is -0.689. The number of benzene rings is 1. The molecular formula is C15H19ClN2O. The summed E-state index contributed by atoms with van der Waals surface area (Å²) in [6, 6.07) is 5.69. The minimum Gasteiger partial charge on any atom is -0.388 e. The highest BCUT2D eigenvalue weighted by molar-refractivity contribution is 6.32. The summed E-state index contributed by atoms with van der Waals surface area (Å²) in [4.78, 5) is 0. The van der Waals surface area contributed by atoms with Crippen LogP contribution in [0.25, 0.3) is 0 Å². The van der Waals surface area contributed by atoms with Gasteiger partial charge in [0.25, 0.3) is 0 Å². The van der Waals surface area contributed by atoms with Crippen LogP contribution in [0.1, 0.15) is 43.7 Å². The van der Waals surface area contributed by atoms with Crippen LogP contribution in [-0.4, -0.2) is 16.7 Å². The number of anilines is 1. The van der Waals surface area contributed by atoms with Crippen molar-refractivity contribution in [2.24, 2.45) is 0 Å². The first-order valence-electron chi connectivity index (χ1n) is 6.64. The number of nitrogens with zero attached hydrogens (tertiary/aromatic N) is 1. The molecule has 1 aromatic carbocycles. The largest absolute Gasteiger partial charge is 0.388 e. The first-order valence-corrected chi connectivity index (χ1v) is 7.01. The monoisotopic (exact) mass is 278 g/mol. The van der Waals surface area contributed by atoms with Gasteiger partial charge in [-0.05, 0) is 44.4 Å². The molecule has 0 heterocycles. The Morgan fingerprint density at radius 2 is 2.21 bits per heavy atom. The Labute approximate surface area is 119 Å². The number of rotatable bonds is 2. The average Bonchev–Trinajstić information content (AvgIpc) is 2.37. The van der Waals surface area contributed by atoms with Crippen LogP contribution in [0, 0.1) is 18.3 Å². The summed E-state index contributed by atoms with van der Waals surface area (Å²) in [5.74, 6) is 0. The van der Waals surface area contributed by atoms with Gasteiger partial charge in [0.1, 0.15) is 6.07 Å². The molecule has 0 saturated heterocycles. The third-order valence-corrected chi connectivity index (χ3v) is 4.50. The molecule has 3 nitrogen and oxygen atoms in total. The molecule has 1 aliphatic carbocycles. The lowest BCUT2D eigenvalue weighted by molar-refractivity contribution is 0.0106. The standard InChI is InChI=1S/C15H19ClN2O/c1-10-12(7-6-11(9-17)14(10)16)18-13-5-3-4-8-15(13,2)19/h6-7,13,18-19H,3-5,8H2,1-2H3/t13-,15+/m0/s1. The lowest BCUT2D eigenvalue weighted by Gasteiger charge is -2.38. The van der Waals surface area contributed by atoms with Gasteiger partial charge < -0.3 is 10.4 Å². The van der Waals surface area contributed by atoms with Crippen molar-refractivity contribution in [2.45, 2.75) is 51.2 Å². The van der Waals surface area contributed by atoms with Gasteiger partial charge in [-0.2, -0.15) is 5.26 Å². The van der Waals surface area contributed by atoms with Crippen LogP contribution in [0.5, 0.6) is 0 Å². The van der Waals surface area contributed by atoms with Gasteiger partial charge in [0.2, 0.25) is 0 Å². The summed E-state index contributed by atoms with van der Waals surface area (Å²) in [6.07, 6.45) is 3.95. The molecule has 2 atom stereocenters. The fourth-order valence-electron chi connectivity index (χ4n) is 2.66. The van der Waals surface area contributed by atoms with E-state index in [1.54, 1.807) is 6.07 Å². The lowest BCUT2D eigenvalue weighted by atomic mass is 9.81. The SMILES string of the molecule is Cc1c(N[C@H]2CCCC[C@@]2(C)O)ccc(C#N)c1Cl. The predicted octanol–water partition coefficient (Wildman–Crippen LogP) is 3.63. The maximum absolute atomic E-state index is 10.4. The Bertz CT molecular complexity index is 520. The first-order chi connectivity index (χ1) is 8.95. The molecule has 1 fully saturated rings. The summed E-state index contributed by atoms with van der Waals surface area (Å²) in [5.41, 5.74) is 1.56. The maximum atomic E-state index is 10.4. The zero-order valence-corrected chi connectivity index (χ0v) is 12.1. The average molecular weight is 279 g/mol. The van der Waals surface area contributed by atoms with Crippen molar-refractivity contribution < 1.29 is 5.11 Å². The molecule has 19 heavy (non-hydrogen) atoms. The van der Waals surface area contributed by atoms with Crippen LogP contribution in [0.15, 0.2) is 12.1 Å². The van der Waals surface area contributed by atoms with Crippen molar-refractivity contribution >= 4 is 17.3 Å². The quantitative estimate of drug-likeness (QED) is 0.869. The summed E-state index contributed by atoms with van der Waals surface area (Å²) in [5, 5.41) is 23.2. The molecule has 0 spiro atoms. The van der Waals surface area contributed by atoms with Gasteiger partial charge in [0.05, 0.1) is 22.2 Å². The van der Waals surface area contributed by atoms with Crippen molar-refractivity contribution in [1.29, 1.82) is 5.26 Å².